The van der Waals surface area contributed by atoms with Gasteiger partial charge in [0, 0.05) is 11.1 Å². The maximum atomic E-state index is 12.1. The Morgan fingerprint density at radius 1 is 0.833 bits per heavy atom. The molecule has 0 saturated carbocycles. The lowest BCUT2D eigenvalue weighted by Gasteiger charge is -2.17. The molecule has 0 saturated heterocycles. The number of hydrogen-bond acceptors (Lipinski definition) is 8. The molecule has 0 aliphatic carbocycles. The summed E-state index contributed by atoms with van der Waals surface area (Å²) in [6.45, 7) is -0.467. The summed E-state index contributed by atoms with van der Waals surface area (Å²) in [6.07, 6.45) is -0.265. The molecule has 0 spiro atoms. The van der Waals surface area contributed by atoms with Crippen molar-refractivity contribution in [3.8, 4) is 0 Å². The molecule has 8 nitrogen and oxygen atoms in total. The largest absolute Gasteiger partial charge is 0.465 e. The molecule has 3 rings (SSSR count). The Labute approximate surface area is 137 Å². The van der Waals surface area contributed by atoms with Crippen LogP contribution in [0.4, 0.5) is 0 Å². The molecule has 1 aromatic rings. The van der Waals surface area contributed by atoms with Crippen LogP contribution >= 0.6 is 0 Å². The van der Waals surface area contributed by atoms with Gasteiger partial charge in [-0.15, -0.1) is 0 Å². The van der Waals surface area contributed by atoms with E-state index in [1.54, 1.807) is 0 Å². The minimum Gasteiger partial charge on any atom is -0.465 e. The van der Waals surface area contributed by atoms with Gasteiger partial charge in [0.2, 0.25) is 0 Å². The van der Waals surface area contributed by atoms with E-state index >= 15 is 0 Å². The Morgan fingerprint density at radius 2 is 1.21 bits per heavy atom. The average molecular weight is 336 g/mol. The molecule has 0 radical (unpaired) electrons. The Balaban J connectivity index is 2.62. The van der Waals surface area contributed by atoms with Crippen molar-refractivity contribution in [2.75, 3.05) is 14.2 Å². The van der Waals surface area contributed by atoms with Crippen LogP contribution in [-0.4, -0.2) is 38.1 Å². The third-order valence-corrected chi connectivity index (χ3v) is 3.47. The van der Waals surface area contributed by atoms with E-state index in [1.807, 2.05) is 0 Å². The molecule has 0 aromatic heterocycles. The minimum absolute atomic E-state index is 0.0775. The van der Waals surface area contributed by atoms with Crippen LogP contribution in [0.1, 0.15) is 44.7 Å². The normalized spacial score (nSPS) is 14.8. The summed E-state index contributed by atoms with van der Waals surface area (Å²) in [7, 11) is 2.32. The molecule has 1 aromatic carbocycles. The summed E-state index contributed by atoms with van der Waals surface area (Å²) in [5, 5.41) is 0. The standard InChI is InChI=1S/C16H16O8/c1-21-15(19)13-9-3-4-10(14(13)16(20)22-2)8-24-12(18)6-5-11(17)23-7-9/h3-4H,5-8H2,1-2H3. The Morgan fingerprint density at radius 3 is 1.54 bits per heavy atom. The number of methoxy groups -OCH3 is 2. The van der Waals surface area contributed by atoms with Crippen molar-refractivity contribution in [3.63, 3.8) is 0 Å². The van der Waals surface area contributed by atoms with Crippen LogP contribution in [0.3, 0.4) is 0 Å². The molecule has 8 heteroatoms. The molecule has 0 amide bonds. The van der Waals surface area contributed by atoms with Crippen LogP contribution in [0.5, 0.6) is 0 Å². The fourth-order valence-corrected chi connectivity index (χ4v) is 2.26. The number of ether oxygens (including phenoxy) is 4. The first kappa shape index (κ1) is 17.5. The average Bonchev–Trinajstić information content (AvgIpc) is 2.60. The molecule has 128 valence electrons. The Bertz CT molecular complexity index is 633. The highest BCUT2D eigenvalue weighted by molar-refractivity contribution is 6.05. The third kappa shape index (κ3) is 3.70. The van der Waals surface area contributed by atoms with Crippen LogP contribution in [-0.2, 0) is 41.8 Å². The molecule has 2 heterocycles. The van der Waals surface area contributed by atoms with Crippen molar-refractivity contribution in [3.05, 3.63) is 34.4 Å². The first-order chi connectivity index (χ1) is 11.5. The van der Waals surface area contributed by atoms with Gasteiger partial charge >= 0.3 is 23.9 Å². The summed E-state index contributed by atoms with van der Waals surface area (Å²) >= 11 is 0. The van der Waals surface area contributed by atoms with Gasteiger partial charge in [-0.1, -0.05) is 12.1 Å². The van der Waals surface area contributed by atoms with Crippen LogP contribution < -0.4 is 0 Å². The van der Waals surface area contributed by atoms with Crippen LogP contribution in [0, 0.1) is 0 Å². The van der Waals surface area contributed by atoms with E-state index in [4.69, 9.17) is 18.9 Å². The van der Waals surface area contributed by atoms with Gasteiger partial charge in [0.05, 0.1) is 38.2 Å². The number of rotatable bonds is 2. The van der Waals surface area contributed by atoms with Gasteiger partial charge in [-0.2, -0.15) is 0 Å². The number of hydrogen-bond donors (Lipinski definition) is 0. The van der Waals surface area contributed by atoms with Crippen molar-refractivity contribution in [1.29, 1.82) is 0 Å². The molecule has 0 unspecified atom stereocenters. The minimum atomic E-state index is -0.785. The van der Waals surface area contributed by atoms with E-state index < -0.39 is 23.9 Å². The van der Waals surface area contributed by atoms with Gasteiger partial charge in [0.1, 0.15) is 13.2 Å². The first-order valence-electron chi connectivity index (χ1n) is 7.10. The van der Waals surface area contributed by atoms with Crippen LogP contribution in [0.25, 0.3) is 0 Å². The summed E-state index contributed by atoms with van der Waals surface area (Å²) in [5.74, 6) is -2.81. The lowest BCUT2D eigenvalue weighted by molar-refractivity contribution is -0.151. The number of fused-ring (bicyclic) bond motifs is 9. The zero-order valence-corrected chi connectivity index (χ0v) is 13.2. The van der Waals surface area contributed by atoms with E-state index in [2.05, 4.69) is 0 Å². The SMILES string of the molecule is COC(=O)c1c2ccc(c1C(=O)OC)COC(=O)CCC(=O)OC2. The van der Waals surface area contributed by atoms with Gasteiger partial charge in [-0.25, -0.2) is 9.59 Å². The van der Waals surface area contributed by atoms with Gasteiger partial charge in [-0.3, -0.25) is 9.59 Å². The van der Waals surface area contributed by atoms with E-state index in [9.17, 15) is 19.2 Å². The summed E-state index contributed by atoms with van der Waals surface area (Å²) < 4.78 is 19.5. The van der Waals surface area contributed by atoms with Gasteiger partial charge in [-0.05, 0) is 0 Å². The topological polar surface area (TPSA) is 105 Å². The number of esters is 4. The quantitative estimate of drug-likeness (QED) is 0.585. The smallest absolute Gasteiger partial charge is 0.339 e. The van der Waals surface area contributed by atoms with E-state index in [-0.39, 0.29) is 37.2 Å². The fraction of sp³-hybridized carbons (Fsp3) is 0.375. The van der Waals surface area contributed by atoms with Crippen molar-refractivity contribution in [2.45, 2.75) is 26.1 Å². The molecule has 2 bridgehead atoms. The van der Waals surface area contributed by atoms with E-state index in [0.717, 1.165) is 14.2 Å². The van der Waals surface area contributed by atoms with Gasteiger partial charge in [0.15, 0.2) is 0 Å². The highest BCUT2D eigenvalue weighted by Gasteiger charge is 2.27. The highest BCUT2D eigenvalue weighted by atomic mass is 16.5. The van der Waals surface area contributed by atoms with Crippen molar-refractivity contribution in [1.82, 2.24) is 0 Å². The third-order valence-electron chi connectivity index (χ3n) is 3.47. The first-order valence-corrected chi connectivity index (χ1v) is 7.10. The van der Waals surface area contributed by atoms with Crippen LogP contribution in [0.2, 0.25) is 0 Å². The second-order valence-electron chi connectivity index (χ2n) is 4.94. The Kier molecular flexibility index (Phi) is 5.51. The van der Waals surface area contributed by atoms with Crippen molar-refractivity contribution >= 4 is 23.9 Å². The highest BCUT2D eigenvalue weighted by Crippen LogP contribution is 2.24. The fourth-order valence-electron chi connectivity index (χ4n) is 2.26. The summed E-state index contributed by atoms with van der Waals surface area (Å²) in [5.41, 5.74) is 0.440. The van der Waals surface area contributed by atoms with Gasteiger partial charge in [0.25, 0.3) is 0 Å². The Hall–Kier alpha value is -2.90. The second-order valence-corrected chi connectivity index (χ2v) is 4.94. The van der Waals surface area contributed by atoms with Crippen molar-refractivity contribution in [2.24, 2.45) is 0 Å². The molecule has 0 fully saturated rings. The van der Waals surface area contributed by atoms with E-state index in [0.29, 0.717) is 11.1 Å². The predicted octanol–water partition coefficient (Wildman–Crippen LogP) is 1.14. The monoisotopic (exact) mass is 336 g/mol. The molecular formula is C16H16O8. The molecule has 0 atom stereocenters. The van der Waals surface area contributed by atoms with Gasteiger partial charge < -0.3 is 18.9 Å². The molecule has 24 heavy (non-hydrogen) atoms. The van der Waals surface area contributed by atoms with Crippen LogP contribution in [0.15, 0.2) is 12.1 Å². The molecule has 2 aliphatic heterocycles. The number of carbonyl (C=O) groups excluding carboxylic acids is 4. The zero-order valence-electron chi connectivity index (χ0n) is 13.2. The number of carbonyl (C=O) groups is 4. The summed E-state index contributed by atoms with van der Waals surface area (Å²) in [6, 6.07) is 3.02. The maximum Gasteiger partial charge on any atom is 0.339 e. The molecular weight excluding hydrogens is 320 g/mol. The number of benzene rings is 1. The summed E-state index contributed by atoms with van der Waals surface area (Å²) in [4.78, 5) is 47.6. The van der Waals surface area contributed by atoms with Crippen molar-refractivity contribution < 1.29 is 38.1 Å². The maximum absolute atomic E-state index is 12.1. The van der Waals surface area contributed by atoms with E-state index in [1.165, 1.54) is 12.1 Å². The molecule has 2 aliphatic rings. The molecule has 0 N–H and O–H groups in total. The lowest BCUT2D eigenvalue weighted by atomic mass is 9.96. The second kappa shape index (κ2) is 7.58. The predicted molar refractivity (Wildman–Crippen MR) is 77.9 cm³/mol. The zero-order chi connectivity index (χ0) is 17.7. The lowest BCUT2D eigenvalue weighted by Crippen LogP contribution is -2.20.